The number of halogens is 4. The lowest BCUT2D eigenvalue weighted by Crippen LogP contribution is -2.22. The first-order valence-corrected chi connectivity index (χ1v) is 10.5. The molecule has 1 amide bonds. The molecule has 0 aliphatic heterocycles. The van der Waals surface area contributed by atoms with Crippen LogP contribution in [-0.4, -0.2) is 20.9 Å². The van der Waals surface area contributed by atoms with Gasteiger partial charge in [-0.3, -0.25) is 9.52 Å². The van der Waals surface area contributed by atoms with Gasteiger partial charge >= 0.3 is 6.18 Å². The van der Waals surface area contributed by atoms with Crippen LogP contribution in [0.15, 0.2) is 77.7 Å². The van der Waals surface area contributed by atoms with Gasteiger partial charge in [0.05, 0.1) is 21.8 Å². The van der Waals surface area contributed by atoms with Gasteiger partial charge in [-0.15, -0.1) is 0 Å². The smallest absolute Gasteiger partial charge is 0.416 e. The van der Waals surface area contributed by atoms with Gasteiger partial charge in [0.25, 0.3) is 15.9 Å². The van der Waals surface area contributed by atoms with Crippen molar-refractivity contribution in [2.75, 3.05) is 16.6 Å². The average molecular weight is 468 g/mol. The van der Waals surface area contributed by atoms with E-state index in [4.69, 9.17) is 4.74 Å². The van der Waals surface area contributed by atoms with E-state index in [1.54, 1.807) is 6.07 Å². The molecular weight excluding hydrogens is 452 g/mol. The second-order valence-corrected chi connectivity index (χ2v) is 8.15. The molecular formula is C21H16F4N2O4S. The molecule has 6 nitrogen and oxygen atoms in total. The minimum atomic E-state index is -4.49. The summed E-state index contributed by atoms with van der Waals surface area (Å²) in [5.74, 6) is -1.21. The number of carbonyl (C=O) groups is 1. The molecule has 0 aliphatic rings. The average Bonchev–Trinajstić information content (AvgIpc) is 2.73. The van der Waals surface area contributed by atoms with Crippen molar-refractivity contribution in [1.29, 1.82) is 0 Å². The molecule has 0 heterocycles. The number of ether oxygens (including phenoxy) is 1. The minimum absolute atomic E-state index is 0.0541. The van der Waals surface area contributed by atoms with E-state index in [-0.39, 0.29) is 22.0 Å². The third-order valence-corrected chi connectivity index (χ3v) is 5.50. The Labute approximate surface area is 180 Å². The van der Waals surface area contributed by atoms with E-state index in [0.717, 1.165) is 48.5 Å². The number of benzene rings is 3. The molecule has 0 fully saturated rings. The van der Waals surface area contributed by atoms with E-state index < -0.39 is 40.1 Å². The van der Waals surface area contributed by atoms with Gasteiger partial charge in [0.2, 0.25) is 0 Å². The van der Waals surface area contributed by atoms with Gasteiger partial charge in [0.15, 0.2) is 6.61 Å². The lowest BCUT2D eigenvalue weighted by molar-refractivity contribution is -0.137. The van der Waals surface area contributed by atoms with Crippen molar-refractivity contribution < 1.29 is 35.5 Å². The molecule has 3 aromatic rings. The Hall–Kier alpha value is -3.60. The summed E-state index contributed by atoms with van der Waals surface area (Å²) in [4.78, 5) is 12.0. The molecule has 3 aromatic carbocycles. The Balaban J connectivity index is 1.65. The standard InChI is InChI=1S/C21H16F4N2O4S/c22-15-7-11-17(12-8-15)32(29,30)27-19-4-2-1-3-18(19)26-20(28)13-31-16-9-5-14(6-10-16)21(23,24)25/h1-12,27H,13H2,(H,26,28). The maximum Gasteiger partial charge on any atom is 0.416 e. The molecule has 0 bridgehead atoms. The van der Waals surface area contributed by atoms with Crippen molar-refractivity contribution in [2.45, 2.75) is 11.1 Å². The summed E-state index contributed by atoms with van der Waals surface area (Å²) in [6, 6.07) is 14.0. The Kier molecular flexibility index (Phi) is 6.68. The monoisotopic (exact) mass is 468 g/mol. The fraction of sp³-hybridized carbons (Fsp3) is 0.0952. The number of hydrogen-bond acceptors (Lipinski definition) is 4. The molecule has 0 aliphatic carbocycles. The predicted molar refractivity (Wildman–Crippen MR) is 109 cm³/mol. The Morgan fingerprint density at radius 1 is 0.875 bits per heavy atom. The number of amides is 1. The molecule has 0 aromatic heterocycles. The zero-order valence-corrected chi connectivity index (χ0v) is 17.0. The van der Waals surface area contributed by atoms with Crippen LogP contribution in [0, 0.1) is 5.82 Å². The van der Waals surface area contributed by atoms with E-state index in [0.29, 0.717) is 0 Å². The predicted octanol–water partition coefficient (Wildman–Crippen LogP) is 4.66. The third-order valence-electron chi connectivity index (χ3n) is 4.12. The van der Waals surface area contributed by atoms with Crippen LogP contribution >= 0.6 is 0 Å². The first-order valence-electron chi connectivity index (χ1n) is 9.02. The van der Waals surface area contributed by atoms with Crippen molar-refractivity contribution in [3.05, 3.63) is 84.2 Å². The SMILES string of the molecule is O=C(COc1ccc(C(F)(F)F)cc1)Nc1ccccc1NS(=O)(=O)c1ccc(F)cc1. The van der Waals surface area contributed by atoms with E-state index in [1.165, 1.54) is 18.2 Å². The number of anilines is 2. The molecule has 3 rings (SSSR count). The molecule has 0 saturated carbocycles. The number of alkyl halides is 3. The summed E-state index contributed by atoms with van der Waals surface area (Å²) in [6.07, 6.45) is -4.49. The van der Waals surface area contributed by atoms with Crippen LogP contribution in [0.4, 0.5) is 28.9 Å². The lowest BCUT2D eigenvalue weighted by Gasteiger charge is -2.14. The first-order chi connectivity index (χ1) is 15.0. The normalized spacial score (nSPS) is 11.6. The zero-order chi connectivity index (χ0) is 23.4. The van der Waals surface area contributed by atoms with Crippen LogP contribution in [-0.2, 0) is 21.0 Å². The van der Waals surface area contributed by atoms with Crippen molar-refractivity contribution in [3.8, 4) is 5.75 Å². The highest BCUT2D eigenvalue weighted by Crippen LogP contribution is 2.30. The number of carbonyl (C=O) groups excluding carboxylic acids is 1. The summed E-state index contributed by atoms with van der Waals surface area (Å²) in [5, 5.41) is 2.47. The molecule has 32 heavy (non-hydrogen) atoms. The molecule has 0 atom stereocenters. The topological polar surface area (TPSA) is 84.5 Å². The number of nitrogens with one attached hydrogen (secondary N) is 2. The lowest BCUT2D eigenvalue weighted by atomic mass is 10.2. The van der Waals surface area contributed by atoms with Crippen LogP contribution in [0.2, 0.25) is 0 Å². The zero-order valence-electron chi connectivity index (χ0n) is 16.2. The number of rotatable bonds is 7. The van der Waals surface area contributed by atoms with Crippen LogP contribution < -0.4 is 14.8 Å². The Morgan fingerprint density at radius 3 is 2.06 bits per heavy atom. The van der Waals surface area contributed by atoms with Gasteiger partial charge in [0.1, 0.15) is 11.6 Å². The summed E-state index contributed by atoms with van der Waals surface area (Å²) >= 11 is 0. The molecule has 11 heteroatoms. The van der Waals surface area contributed by atoms with Crippen molar-refractivity contribution in [3.63, 3.8) is 0 Å². The summed E-state index contributed by atoms with van der Waals surface area (Å²) in [6.45, 7) is -0.523. The van der Waals surface area contributed by atoms with Gasteiger partial charge in [-0.05, 0) is 60.7 Å². The van der Waals surface area contributed by atoms with E-state index in [9.17, 15) is 30.8 Å². The van der Waals surface area contributed by atoms with Crippen LogP contribution in [0.25, 0.3) is 0 Å². The molecule has 168 valence electrons. The van der Waals surface area contributed by atoms with Gasteiger partial charge in [-0.25, -0.2) is 12.8 Å². The summed E-state index contributed by atoms with van der Waals surface area (Å²) in [7, 11) is -4.05. The van der Waals surface area contributed by atoms with Crippen molar-refractivity contribution >= 4 is 27.3 Å². The van der Waals surface area contributed by atoms with Gasteiger partial charge in [-0.1, -0.05) is 12.1 Å². The highest BCUT2D eigenvalue weighted by molar-refractivity contribution is 7.92. The molecule has 0 radical (unpaired) electrons. The van der Waals surface area contributed by atoms with Gasteiger partial charge < -0.3 is 10.1 Å². The number of sulfonamides is 1. The molecule has 0 spiro atoms. The first kappa shape index (κ1) is 23.1. The molecule has 0 saturated heterocycles. The maximum absolute atomic E-state index is 13.1. The van der Waals surface area contributed by atoms with E-state index >= 15 is 0 Å². The van der Waals surface area contributed by atoms with Crippen LogP contribution in [0.3, 0.4) is 0 Å². The number of para-hydroxylation sites is 2. The van der Waals surface area contributed by atoms with Crippen LogP contribution in [0.1, 0.15) is 5.56 Å². The van der Waals surface area contributed by atoms with Crippen LogP contribution in [0.5, 0.6) is 5.75 Å². The highest BCUT2D eigenvalue weighted by Gasteiger charge is 2.30. The van der Waals surface area contributed by atoms with Gasteiger partial charge in [-0.2, -0.15) is 13.2 Å². The fourth-order valence-electron chi connectivity index (χ4n) is 2.57. The van der Waals surface area contributed by atoms with E-state index in [1.807, 2.05) is 0 Å². The summed E-state index contributed by atoms with van der Waals surface area (Å²) in [5.41, 5.74) is -0.671. The van der Waals surface area contributed by atoms with Gasteiger partial charge in [0, 0.05) is 0 Å². The highest BCUT2D eigenvalue weighted by atomic mass is 32.2. The van der Waals surface area contributed by atoms with E-state index in [2.05, 4.69) is 10.0 Å². The maximum atomic E-state index is 13.1. The quantitative estimate of drug-likeness (QED) is 0.494. The summed E-state index contributed by atoms with van der Waals surface area (Å²) < 4.78 is 83.3. The van der Waals surface area contributed by atoms with Crippen molar-refractivity contribution in [1.82, 2.24) is 0 Å². The Bertz CT molecular complexity index is 1200. The number of hydrogen-bond donors (Lipinski definition) is 2. The molecule has 2 N–H and O–H groups in total. The second kappa shape index (κ2) is 9.27. The van der Waals surface area contributed by atoms with Crippen molar-refractivity contribution in [2.24, 2.45) is 0 Å². The largest absolute Gasteiger partial charge is 0.484 e. The second-order valence-electron chi connectivity index (χ2n) is 6.46. The minimum Gasteiger partial charge on any atom is -0.484 e. The Morgan fingerprint density at radius 2 is 1.47 bits per heavy atom. The molecule has 0 unspecified atom stereocenters. The fourth-order valence-corrected chi connectivity index (χ4v) is 3.65. The third kappa shape index (κ3) is 5.97.